The zero-order valence-electron chi connectivity index (χ0n) is 13.3. The maximum Gasteiger partial charge on any atom is 0.435 e. The molecule has 6 heteroatoms. The standard InChI is InChI=1S/C19H15F3N2O/c20-19(21,22)18-12-16(24(23-18)15-6-2-1-3-7-15)13-8-9-17-14(11-13)5-4-10-25-17/h1-3,6-9,11-12H,4-5,10H2. The Hall–Kier alpha value is -2.76. The highest BCUT2D eigenvalue weighted by atomic mass is 19.4. The minimum Gasteiger partial charge on any atom is -0.493 e. The average molecular weight is 344 g/mol. The fraction of sp³-hybridized carbons (Fsp3) is 0.211. The van der Waals surface area contributed by atoms with E-state index in [9.17, 15) is 13.2 Å². The SMILES string of the molecule is FC(F)(F)c1cc(-c2ccc3c(c2)CCCO3)n(-c2ccccc2)n1. The van der Waals surface area contributed by atoms with Crippen molar-refractivity contribution in [2.45, 2.75) is 19.0 Å². The number of hydrogen-bond donors (Lipinski definition) is 0. The third-order valence-electron chi connectivity index (χ3n) is 4.20. The minimum atomic E-state index is -4.49. The van der Waals surface area contributed by atoms with Crippen molar-refractivity contribution in [3.8, 4) is 22.7 Å². The van der Waals surface area contributed by atoms with Crippen LogP contribution in [0.15, 0.2) is 54.6 Å². The summed E-state index contributed by atoms with van der Waals surface area (Å²) in [6.45, 7) is 0.673. The summed E-state index contributed by atoms with van der Waals surface area (Å²) in [7, 11) is 0. The molecule has 1 aliphatic heterocycles. The van der Waals surface area contributed by atoms with Crippen molar-refractivity contribution in [1.82, 2.24) is 9.78 Å². The molecule has 128 valence electrons. The molecule has 0 N–H and O–H groups in total. The second-order valence-electron chi connectivity index (χ2n) is 5.93. The number of fused-ring (bicyclic) bond motifs is 1. The summed E-state index contributed by atoms with van der Waals surface area (Å²) >= 11 is 0. The molecule has 0 saturated heterocycles. The Balaban J connectivity index is 1.87. The number of para-hydroxylation sites is 1. The quantitative estimate of drug-likeness (QED) is 0.662. The number of aromatic nitrogens is 2. The Morgan fingerprint density at radius 2 is 1.80 bits per heavy atom. The maximum absolute atomic E-state index is 13.2. The van der Waals surface area contributed by atoms with Crippen molar-refractivity contribution in [3.05, 3.63) is 65.9 Å². The van der Waals surface area contributed by atoms with E-state index in [-0.39, 0.29) is 0 Å². The Morgan fingerprint density at radius 3 is 2.56 bits per heavy atom. The lowest BCUT2D eigenvalue weighted by Gasteiger charge is -2.18. The van der Waals surface area contributed by atoms with Gasteiger partial charge < -0.3 is 4.74 Å². The van der Waals surface area contributed by atoms with Gasteiger partial charge in [0.15, 0.2) is 5.69 Å². The van der Waals surface area contributed by atoms with Crippen molar-refractivity contribution >= 4 is 0 Å². The van der Waals surface area contributed by atoms with E-state index < -0.39 is 11.9 Å². The van der Waals surface area contributed by atoms with Crippen LogP contribution in [0.2, 0.25) is 0 Å². The summed E-state index contributed by atoms with van der Waals surface area (Å²) in [6, 6.07) is 15.4. The van der Waals surface area contributed by atoms with E-state index in [1.807, 2.05) is 18.2 Å². The van der Waals surface area contributed by atoms with Gasteiger partial charge in [-0.2, -0.15) is 18.3 Å². The highest BCUT2D eigenvalue weighted by Crippen LogP contribution is 2.35. The number of aryl methyl sites for hydroxylation is 1. The molecule has 3 nitrogen and oxygen atoms in total. The van der Waals surface area contributed by atoms with Gasteiger partial charge in [0.25, 0.3) is 0 Å². The molecular formula is C19H15F3N2O. The summed E-state index contributed by atoms with van der Waals surface area (Å²) in [5.74, 6) is 0.803. The second-order valence-corrected chi connectivity index (χ2v) is 5.93. The molecule has 2 heterocycles. The van der Waals surface area contributed by atoms with Crippen LogP contribution in [0.25, 0.3) is 16.9 Å². The number of ether oxygens (including phenoxy) is 1. The summed E-state index contributed by atoms with van der Waals surface area (Å²) in [4.78, 5) is 0. The van der Waals surface area contributed by atoms with E-state index in [1.54, 1.807) is 30.3 Å². The fourth-order valence-corrected chi connectivity index (χ4v) is 3.01. The van der Waals surface area contributed by atoms with Gasteiger partial charge in [0.2, 0.25) is 0 Å². The molecule has 1 aliphatic rings. The Kier molecular flexibility index (Phi) is 3.75. The molecule has 0 spiro atoms. The third-order valence-corrected chi connectivity index (χ3v) is 4.20. The van der Waals surface area contributed by atoms with Crippen molar-refractivity contribution in [2.24, 2.45) is 0 Å². The average Bonchev–Trinajstić information content (AvgIpc) is 3.08. The zero-order chi connectivity index (χ0) is 17.4. The molecule has 0 atom stereocenters. The summed E-state index contributed by atoms with van der Waals surface area (Å²) < 4.78 is 46.5. The third kappa shape index (κ3) is 2.99. The number of rotatable bonds is 2. The van der Waals surface area contributed by atoms with Crippen LogP contribution in [0.5, 0.6) is 5.75 Å². The normalized spacial score (nSPS) is 14.0. The van der Waals surface area contributed by atoms with Gasteiger partial charge in [-0.05, 0) is 54.8 Å². The number of nitrogens with zero attached hydrogens (tertiary/aromatic N) is 2. The van der Waals surface area contributed by atoms with Crippen LogP contribution in [-0.4, -0.2) is 16.4 Å². The molecule has 0 amide bonds. The molecule has 0 fully saturated rings. The van der Waals surface area contributed by atoms with Gasteiger partial charge >= 0.3 is 6.18 Å². The molecule has 0 unspecified atom stereocenters. The molecular weight excluding hydrogens is 329 g/mol. The molecule has 25 heavy (non-hydrogen) atoms. The maximum atomic E-state index is 13.2. The highest BCUT2D eigenvalue weighted by molar-refractivity contribution is 5.65. The summed E-state index contributed by atoms with van der Waals surface area (Å²) in [5, 5.41) is 3.80. The smallest absolute Gasteiger partial charge is 0.435 e. The molecule has 2 aromatic carbocycles. The lowest BCUT2D eigenvalue weighted by molar-refractivity contribution is -0.141. The lowest BCUT2D eigenvalue weighted by Crippen LogP contribution is -2.08. The first-order chi connectivity index (χ1) is 12.0. The van der Waals surface area contributed by atoms with E-state index in [2.05, 4.69) is 5.10 Å². The first kappa shape index (κ1) is 15.7. The van der Waals surface area contributed by atoms with Gasteiger partial charge in [0.1, 0.15) is 5.75 Å². The monoisotopic (exact) mass is 344 g/mol. The van der Waals surface area contributed by atoms with E-state index in [0.29, 0.717) is 23.6 Å². The Bertz CT molecular complexity index is 901. The van der Waals surface area contributed by atoms with Crippen LogP contribution in [0.1, 0.15) is 17.7 Å². The Morgan fingerprint density at radius 1 is 1.00 bits per heavy atom. The molecule has 4 rings (SSSR count). The highest BCUT2D eigenvalue weighted by Gasteiger charge is 2.35. The molecule has 0 bridgehead atoms. The first-order valence-corrected chi connectivity index (χ1v) is 8.01. The van der Waals surface area contributed by atoms with Crippen molar-refractivity contribution in [3.63, 3.8) is 0 Å². The Labute approximate surface area is 142 Å². The van der Waals surface area contributed by atoms with Crippen molar-refractivity contribution < 1.29 is 17.9 Å². The number of hydrogen-bond acceptors (Lipinski definition) is 2. The predicted molar refractivity (Wildman–Crippen MR) is 87.8 cm³/mol. The molecule has 0 aliphatic carbocycles. The fourth-order valence-electron chi connectivity index (χ4n) is 3.01. The topological polar surface area (TPSA) is 27.1 Å². The first-order valence-electron chi connectivity index (χ1n) is 8.01. The number of benzene rings is 2. The van der Waals surface area contributed by atoms with Gasteiger partial charge in [-0.25, -0.2) is 4.68 Å². The van der Waals surface area contributed by atoms with E-state index in [0.717, 1.165) is 30.2 Å². The van der Waals surface area contributed by atoms with Crippen LogP contribution in [0.3, 0.4) is 0 Å². The van der Waals surface area contributed by atoms with Gasteiger partial charge in [-0.3, -0.25) is 0 Å². The van der Waals surface area contributed by atoms with Crippen molar-refractivity contribution in [2.75, 3.05) is 6.61 Å². The minimum absolute atomic E-state index is 0.409. The second kappa shape index (κ2) is 5.95. The van der Waals surface area contributed by atoms with Crippen LogP contribution in [-0.2, 0) is 12.6 Å². The summed E-state index contributed by atoms with van der Waals surface area (Å²) in [5.41, 5.74) is 1.79. The molecule has 3 aromatic rings. The van der Waals surface area contributed by atoms with Crippen LogP contribution < -0.4 is 4.74 Å². The van der Waals surface area contributed by atoms with Gasteiger partial charge in [-0.1, -0.05) is 18.2 Å². The van der Waals surface area contributed by atoms with E-state index in [4.69, 9.17) is 4.74 Å². The van der Waals surface area contributed by atoms with Gasteiger partial charge in [-0.15, -0.1) is 0 Å². The van der Waals surface area contributed by atoms with Crippen LogP contribution in [0, 0.1) is 0 Å². The zero-order valence-corrected chi connectivity index (χ0v) is 13.3. The van der Waals surface area contributed by atoms with Gasteiger partial charge in [0, 0.05) is 5.56 Å². The van der Waals surface area contributed by atoms with Crippen molar-refractivity contribution in [1.29, 1.82) is 0 Å². The molecule has 0 radical (unpaired) electrons. The summed E-state index contributed by atoms with van der Waals surface area (Å²) in [6.07, 6.45) is -2.73. The largest absolute Gasteiger partial charge is 0.493 e. The van der Waals surface area contributed by atoms with Crippen LogP contribution in [0.4, 0.5) is 13.2 Å². The molecule has 0 saturated carbocycles. The van der Waals surface area contributed by atoms with E-state index in [1.165, 1.54) is 4.68 Å². The van der Waals surface area contributed by atoms with E-state index >= 15 is 0 Å². The predicted octanol–water partition coefficient (Wildman–Crippen LogP) is 4.88. The number of alkyl halides is 3. The van der Waals surface area contributed by atoms with Crippen LogP contribution >= 0.6 is 0 Å². The lowest BCUT2D eigenvalue weighted by atomic mass is 10.0. The number of halogens is 3. The molecule has 1 aromatic heterocycles. The van der Waals surface area contributed by atoms with Gasteiger partial charge in [0.05, 0.1) is 18.0 Å².